The van der Waals surface area contributed by atoms with Crippen molar-refractivity contribution in [1.29, 1.82) is 0 Å². The molecule has 110 valence electrons. The van der Waals surface area contributed by atoms with Gasteiger partial charge in [0.2, 0.25) is 0 Å². The second kappa shape index (κ2) is 4.61. The van der Waals surface area contributed by atoms with Crippen LogP contribution >= 0.6 is 0 Å². The predicted molar refractivity (Wildman–Crippen MR) is 95.0 cm³/mol. The van der Waals surface area contributed by atoms with Gasteiger partial charge in [0, 0.05) is 23.7 Å². The molecule has 2 aliphatic rings. The summed E-state index contributed by atoms with van der Waals surface area (Å²) >= 11 is 0. The highest BCUT2D eigenvalue weighted by molar-refractivity contribution is 5.98. The number of hydrogen-bond acceptors (Lipinski definition) is 1. The quantitative estimate of drug-likeness (QED) is 0.794. The summed E-state index contributed by atoms with van der Waals surface area (Å²) in [5.41, 5.74) is 10.00. The van der Waals surface area contributed by atoms with Gasteiger partial charge < -0.3 is 5.32 Å². The summed E-state index contributed by atoms with van der Waals surface area (Å²) in [5.74, 6) is 0. The number of nitrogens with one attached hydrogen (secondary N) is 1. The zero-order chi connectivity index (χ0) is 15.3. The zero-order valence-electron chi connectivity index (χ0n) is 13.4. The summed E-state index contributed by atoms with van der Waals surface area (Å²) in [6, 6.07) is 17.4. The summed E-state index contributed by atoms with van der Waals surface area (Å²) in [6.07, 6.45) is 3.45. The molecule has 0 spiro atoms. The predicted octanol–water partition coefficient (Wildman–Crippen LogP) is 5.26. The molecule has 0 atom stereocenters. The molecule has 0 saturated carbocycles. The first kappa shape index (κ1) is 13.4. The number of rotatable bonds is 2. The number of fused-ring (bicyclic) bond motifs is 2. The van der Waals surface area contributed by atoms with Gasteiger partial charge in [-0.1, -0.05) is 62.4 Å². The summed E-state index contributed by atoms with van der Waals surface area (Å²) in [4.78, 5) is 0. The van der Waals surface area contributed by atoms with E-state index in [0.29, 0.717) is 0 Å². The van der Waals surface area contributed by atoms with Crippen molar-refractivity contribution in [2.45, 2.75) is 25.7 Å². The maximum Gasteiger partial charge on any atom is 0.0414 e. The molecular weight excluding hydrogens is 266 g/mol. The number of hydrogen-bond donors (Lipinski definition) is 1. The number of benzene rings is 2. The van der Waals surface area contributed by atoms with Crippen molar-refractivity contribution >= 4 is 16.8 Å². The minimum absolute atomic E-state index is 0.138. The molecule has 1 N–H and O–H groups in total. The molecule has 0 bridgehead atoms. The number of anilines is 1. The van der Waals surface area contributed by atoms with Gasteiger partial charge in [-0.25, -0.2) is 0 Å². The van der Waals surface area contributed by atoms with Gasteiger partial charge in [0.05, 0.1) is 0 Å². The summed E-state index contributed by atoms with van der Waals surface area (Å²) in [5, 5.41) is 3.32. The van der Waals surface area contributed by atoms with Gasteiger partial charge in [-0.15, -0.1) is 0 Å². The highest BCUT2D eigenvalue weighted by Crippen LogP contribution is 2.54. The van der Waals surface area contributed by atoms with Crippen LogP contribution in [0.25, 0.3) is 11.1 Å². The fraction of sp³-hybridized carbons (Fsp3) is 0.238. The SMILES string of the molecule is CNc1ccccc1C1=CC2=C(C1)C(C)(C)c1ccccc12. The van der Waals surface area contributed by atoms with Gasteiger partial charge in [-0.3, -0.25) is 0 Å². The molecule has 2 aliphatic carbocycles. The van der Waals surface area contributed by atoms with Gasteiger partial charge in [-0.05, 0) is 40.3 Å². The first-order chi connectivity index (χ1) is 10.6. The van der Waals surface area contributed by atoms with Crippen LogP contribution in [0.5, 0.6) is 0 Å². The molecule has 0 fully saturated rings. The third-order valence-corrected chi connectivity index (χ3v) is 5.20. The average Bonchev–Trinajstić information content (AvgIpc) is 3.07. The lowest BCUT2D eigenvalue weighted by atomic mass is 9.79. The molecule has 0 aromatic heterocycles. The van der Waals surface area contributed by atoms with Gasteiger partial charge in [0.15, 0.2) is 0 Å². The van der Waals surface area contributed by atoms with Gasteiger partial charge in [0.1, 0.15) is 0 Å². The van der Waals surface area contributed by atoms with Crippen LogP contribution in [0.2, 0.25) is 0 Å². The van der Waals surface area contributed by atoms with E-state index in [4.69, 9.17) is 0 Å². The van der Waals surface area contributed by atoms with E-state index in [1.54, 1.807) is 5.57 Å². The van der Waals surface area contributed by atoms with Gasteiger partial charge in [-0.2, -0.15) is 0 Å². The first-order valence-corrected chi connectivity index (χ1v) is 7.94. The van der Waals surface area contributed by atoms with Crippen molar-refractivity contribution in [3.8, 4) is 0 Å². The highest BCUT2D eigenvalue weighted by atomic mass is 14.8. The van der Waals surface area contributed by atoms with Gasteiger partial charge >= 0.3 is 0 Å². The Morgan fingerprint density at radius 3 is 2.36 bits per heavy atom. The standard InChI is InChI=1S/C21H21N/c1-21(2)18-10-6-4-9-16(18)17-12-14(13-19(17)21)15-8-5-7-11-20(15)22-3/h4-12,22H,13H2,1-3H3. The van der Waals surface area contributed by atoms with E-state index >= 15 is 0 Å². The Labute approximate surface area is 132 Å². The van der Waals surface area contributed by atoms with Crippen molar-refractivity contribution in [1.82, 2.24) is 0 Å². The lowest BCUT2D eigenvalue weighted by molar-refractivity contribution is 0.629. The van der Waals surface area contributed by atoms with Crippen LogP contribution in [0, 0.1) is 0 Å². The largest absolute Gasteiger partial charge is 0.388 e. The van der Waals surface area contributed by atoms with E-state index in [-0.39, 0.29) is 5.41 Å². The van der Waals surface area contributed by atoms with E-state index < -0.39 is 0 Å². The van der Waals surface area contributed by atoms with Crippen LogP contribution < -0.4 is 5.32 Å². The average molecular weight is 287 g/mol. The molecule has 0 radical (unpaired) electrons. The molecule has 0 aliphatic heterocycles. The van der Waals surface area contributed by atoms with Crippen molar-refractivity contribution < 1.29 is 0 Å². The molecule has 2 aromatic carbocycles. The summed E-state index contributed by atoms with van der Waals surface area (Å²) < 4.78 is 0. The molecule has 22 heavy (non-hydrogen) atoms. The van der Waals surface area contributed by atoms with Crippen LogP contribution in [0.4, 0.5) is 5.69 Å². The third kappa shape index (κ3) is 1.72. The molecule has 2 aromatic rings. The molecule has 0 amide bonds. The molecule has 1 nitrogen and oxygen atoms in total. The van der Waals surface area contributed by atoms with Crippen LogP contribution in [-0.4, -0.2) is 7.05 Å². The second-order valence-corrected chi connectivity index (χ2v) is 6.70. The maximum atomic E-state index is 3.32. The summed E-state index contributed by atoms with van der Waals surface area (Å²) in [7, 11) is 1.99. The Balaban J connectivity index is 1.83. The minimum Gasteiger partial charge on any atom is -0.388 e. The molecule has 4 rings (SSSR count). The fourth-order valence-electron chi connectivity index (χ4n) is 3.98. The third-order valence-electron chi connectivity index (χ3n) is 5.20. The maximum absolute atomic E-state index is 3.32. The minimum atomic E-state index is 0.138. The van der Waals surface area contributed by atoms with E-state index in [1.807, 2.05) is 7.05 Å². The lowest BCUT2D eigenvalue weighted by Crippen LogP contribution is -2.17. The van der Waals surface area contributed by atoms with E-state index in [9.17, 15) is 0 Å². The number of allylic oxidation sites excluding steroid dienone is 4. The van der Waals surface area contributed by atoms with Gasteiger partial charge in [0.25, 0.3) is 0 Å². The van der Waals surface area contributed by atoms with E-state index in [0.717, 1.165) is 6.42 Å². The van der Waals surface area contributed by atoms with Crippen molar-refractivity contribution in [3.05, 3.63) is 76.9 Å². The van der Waals surface area contributed by atoms with Crippen LogP contribution in [0.1, 0.15) is 37.0 Å². The van der Waals surface area contributed by atoms with Crippen LogP contribution in [-0.2, 0) is 5.41 Å². The highest BCUT2D eigenvalue weighted by Gasteiger charge is 2.39. The Hall–Kier alpha value is -2.28. The normalized spacial score (nSPS) is 18.0. The molecule has 0 heterocycles. The zero-order valence-corrected chi connectivity index (χ0v) is 13.4. The summed E-state index contributed by atoms with van der Waals surface area (Å²) in [6.45, 7) is 4.71. The smallest absolute Gasteiger partial charge is 0.0414 e. The molecule has 0 saturated heterocycles. The van der Waals surface area contributed by atoms with Crippen molar-refractivity contribution in [2.75, 3.05) is 12.4 Å². The molecule has 0 unspecified atom stereocenters. The first-order valence-electron chi connectivity index (χ1n) is 7.94. The second-order valence-electron chi connectivity index (χ2n) is 6.70. The lowest BCUT2D eigenvalue weighted by Gasteiger charge is -2.25. The van der Waals surface area contributed by atoms with Crippen molar-refractivity contribution in [2.24, 2.45) is 0 Å². The van der Waals surface area contributed by atoms with Crippen molar-refractivity contribution in [3.63, 3.8) is 0 Å². The van der Waals surface area contributed by atoms with E-state index in [2.05, 4.69) is 73.8 Å². The Morgan fingerprint density at radius 2 is 1.59 bits per heavy atom. The molecule has 1 heteroatoms. The Kier molecular flexibility index (Phi) is 2.80. The topological polar surface area (TPSA) is 12.0 Å². The monoisotopic (exact) mass is 287 g/mol. The Bertz CT molecular complexity index is 821. The Morgan fingerprint density at radius 1 is 0.909 bits per heavy atom. The molecular formula is C21H21N. The van der Waals surface area contributed by atoms with Crippen LogP contribution in [0.15, 0.2) is 60.2 Å². The van der Waals surface area contributed by atoms with E-state index in [1.165, 1.54) is 33.5 Å². The van der Waals surface area contributed by atoms with Crippen LogP contribution in [0.3, 0.4) is 0 Å². The fourth-order valence-corrected chi connectivity index (χ4v) is 3.98. The number of para-hydroxylation sites is 1.